The minimum absolute atomic E-state index is 0.230. The molecule has 1 aliphatic rings. The number of hydrogen-bond donors (Lipinski definition) is 0. The van der Waals surface area contributed by atoms with Crippen molar-refractivity contribution in [2.24, 2.45) is 0 Å². The minimum atomic E-state index is -0.247. The van der Waals surface area contributed by atoms with Crippen molar-refractivity contribution in [3.63, 3.8) is 0 Å². The van der Waals surface area contributed by atoms with E-state index in [0.717, 1.165) is 10.4 Å². The van der Waals surface area contributed by atoms with Crippen LogP contribution < -0.4 is 4.74 Å². The molecular weight excluding hydrogens is 334 g/mol. The van der Waals surface area contributed by atoms with Gasteiger partial charge in [0.05, 0.1) is 22.5 Å². The van der Waals surface area contributed by atoms with Crippen molar-refractivity contribution in [2.45, 2.75) is 13.2 Å². The Balaban J connectivity index is 1.50. The molecule has 1 aliphatic heterocycles. The van der Waals surface area contributed by atoms with Crippen molar-refractivity contribution in [2.75, 3.05) is 0 Å². The van der Waals surface area contributed by atoms with Gasteiger partial charge < -0.3 is 4.74 Å². The Morgan fingerprint density at radius 1 is 0.840 bits per heavy atom. The molecule has 5 heteroatoms. The molecule has 0 atom stereocenters. The second kappa shape index (κ2) is 6.53. The van der Waals surface area contributed by atoms with Crippen molar-refractivity contribution >= 4 is 23.2 Å². The summed E-state index contributed by atoms with van der Waals surface area (Å²) in [4.78, 5) is 27.1. The number of amides is 2. The molecule has 0 radical (unpaired) electrons. The van der Waals surface area contributed by atoms with Crippen LogP contribution >= 0.6 is 11.3 Å². The van der Waals surface area contributed by atoms with Gasteiger partial charge in [-0.3, -0.25) is 14.5 Å². The molecule has 0 spiro atoms. The van der Waals surface area contributed by atoms with E-state index in [2.05, 4.69) is 0 Å². The van der Waals surface area contributed by atoms with E-state index in [1.54, 1.807) is 24.3 Å². The summed E-state index contributed by atoms with van der Waals surface area (Å²) in [7, 11) is 0. The van der Waals surface area contributed by atoms with E-state index in [4.69, 9.17) is 4.74 Å². The second-order valence-corrected chi connectivity index (χ2v) is 6.73. The Morgan fingerprint density at radius 2 is 1.48 bits per heavy atom. The van der Waals surface area contributed by atoms with Crippen LogP contribution in [0.15, 0.2) is 66.0 Å². The van der Waals surface area contributed by atoms with Gasteiger partial charge in [0, 0.05) is 0 Å². The second-order valence-electron chi connectivity index (χ2n) is 5.72. The highest BCUT2D eigenvalue weighted by Crippen LogP contribution is 2.31. The Hall–Kier alpha value is -2.92. The topological polar surface area (TPSA) is 46.6 Å². The largest absolute Gasteiger partial charge is 0.488 e. The maximum Gasteiger partial charge on any atom is 0.261 e. The third-order valence-corrected chi connectivity index (χ3v) is 5.01. The van der Waals surface area contributed by atoms with E-state index < -0.39 is 0 Å². The molecule has 0 aliphatic carbocycles. The summed E-state index contributed by atoms with van der Waals surface area (Å²) in [6.45, 7) is 0.681. The number of carbonyl (C=O) groups is 2. The maximum absolute atomic E-state index is 12.5. The van der Waals surface area contributed by atoms with E-state index in [-0.39, 0.29) is 18.4 Å². The first-order chi connectivity index (χ1) is 12.2. The van der Waals surface area contributed by atoms with Gasteiger partial charge in [-0.2, -0.15) is 0 Å². The lowest BCUT2D eigenvalue weighted by Crippen LogP contribution is -2.28. The number of fused-ring (bicyclic) bond motifs is 1. The number of thiophene rings is 1. The van der Waals surface area contributed by atoms with Crippen LogP contribution in [0.25, 0.3) is 0 Å². The van der Waals surface area contributed by atoms with E-state index in [9.17, 15) is 9.59 Å². The zero-order chi connectivity index (χ0) is 17.2. The number of ether oxygens (including phenoxy) is 1. The molecule has 1 aromatic heterocycles. The molecule has 0 saturated carbocycles. The highest BCUT2D eigenvalue weighted by atomic mass is 32.1. The van der Waals surface area contributed by atoms with Gasteiger partial charge in [-0.05, 0) is 29.1 Å². The third kappa shape index (κ3) is 2.94. The maximum atomic E-state index is 12.5. The van der Waals surface area contributed by atoms with Crippen LogP contribution in [0.3, 0.4) is 0 Å². The van der Waals surface area contributed by atoms with Gasteiger partial charge in [0.2, 0.25) is 0 Å². The lowest BCUT2D eigenvalue weighted by atomic mass is 10.1. The lowest BCUT2D eigenvalue weighted by Gasteiger charge is -2.14. The molecule has 0 N–H and O–H groups in total. The summed E-state index contributed by atoms with van der Waals surface area (Å²) < 4.78 is 5.88. The number of carbonyl (C=O) groups excluding carboxylic acids is 2. The predicted octanol–water partition coefficient (Wildman–Crippen LogP) is 4.12. The average Bonchev–Trinajstić information content (AvgIpc) is 3.20. The fourth-order valence-electron chi connectivity index (χ4n) is 2.83. The zero-order valence-corrected chi connectivity index (χ0v) is 14.2. The zero-order valence-electron chi connectivity index (χ0n) is 13.3. The molecule has 0 saturated heterocycles. The van der Waals surface area contributed by atoms with Crippen LogP contribution in [0.2, 0.25) is 0 Å². The number of hydrogen-bond acceptors (Lipinski definition) is 4. The fourth-order valence-corrected chi connectivity index (χ4v) is 3.64. The van der Waals surface area contributed by atoms with Gasteiger partial charge in [-0.15, -0.1) is 11.3 Å². The first kappa shape index (κ1) is 15.6. The van der Waals surface area contributed by atoms with Crippen LogP contribution in [-0.2, 0) is 13.2 Å². The van der Waals surface area contributed by atoms with Crippen molar-refractivity contribution in [3.8, 4) is 5.75 Å². The SMILES string of the molecule is O=C1c2ccccc2C(=O)N1Cc1sccc1OCc1ccccc1. The van der Waals surface area contributed by atoms with Gasteiger partial charge in [-0.25, -0.2) is 0 Å². The van der Waals surface area contributed by atoms with Crippen molar-refractivity contribution < 1.29 is 14.3 Å². The monoisotopic (exact) mass is 349 g/mol. The summed E-state index contributed by atoms with van der Waals surface area (Å²) in [5.74, 6) is 0.219. The fraction of sp³-hybridized carbons (Fsp3) is 0.100. The highest BCUT2D eigenvalue weighted by molar-refractivity contribution is 7.10. The standard InChI is InChI=1S/C20H15NO3S/c22-19-15-8-4-5-9-16(15)20(23)21(19)12-18-17(10-11-25-18)24-13-14-6-2-1-3-7-14/h1-11H,12-13H2. The normalized spacial score (nSPS) is 13.2. The minimum Gasteiger partial charge on any atom is -0.488 e. The summed E-state index contributed by atoms with van der Waals surface area (Å²) in [5.41, 5.74) is 2.01. The Bertz CT molecular complexity index is 898. The van der Waals surface area contributed by atoms with Gasteiger partial charge in [-0.1, -0.05) is 42.5 Å². The summed E-state index contributed by atoms with van der Waals surface area (Å²) in [6.07, 6.45) is 0. The molecule has 2 heterocycles. The Labute approximate surface area is 149 Å². The van der Waals surface area contributed by atoms with Gasteiger partial charge in [0.15, 0.2) is 0 Å². The molecule has 2 amide bonds. The molecule has 0 fully saturated rings. The number of imide groups is 1. The van der Waals surface area contributed by atoms with Crippen LogP contribution in [0.5, 0.6) is 5.75 Å². The van der Waals surface area contributed by atoms with Crippen LogP contribution in [0, 0.1) is 0 Å². The first-order valence-corrected chi connectivity index (χ1v) is 8.80. The predicted molar refractivity (Wildman–Crippen MR) is 95.7 cm³/mol. The lowest BCUT2D eigenvalue weighted by molar-refractivity contribution is 0.0643. The average molecular weight is 349 g/mol. The van der Waals surface area contributed by atoms with Crippen molar-refractivity contribution in [1.29, 1.82) is 0 Å². The Kier molecular flexibility index (Phi) is 4.07. The number of benzene rings is 2. The highest BCUT2D eigenvalue weighted by Gasteiger charge is 2.35. The molecule has 4 rings (SSSR count). The van der Waals surface area contributed by atoms with E-state index in [1.807, 2.05) is 41.8 Å². The molecule has 2 aromatic carbocycles. The Morgan fingerprint density at radius 3 is 2.16 bits per heavy atom. The molecule has 25 heavy (non-hydrogen) atoms. The van der Waals surface area contributed by atoms with E-state index in [1.165, 1.54) is 16.2 Å². The smallest absolute Gasteiger partial charge is 0.261 e. The first-order valence-electron chi connectivity index (χ1n) is 7.92. The van der Waals surface area contributed by atoms with Gasteiger partial charge in [0.1, 0.15) is 12.4 Å². The third-order valence-electron chi connectivity index (χ3n) is 4.12. The summed E-state index contributed by atoms with van der Waals surface area (Å²) in [5, 5.41) is 1.91. The van der Waals surface area contributed by atoms with Crippen molar-refractivity contribution in [3.05, 3.63) is 87.6 Å². The van der Waals surface area contributed by atoms with Crippen LogP contribution in [0.1, 0.15) is 31.2 Å². The van der Waals surface area contributed by atoms with Gasteiger partial charge >= 0.3 is 0 Å². The molecule has 4 nitrogen and oxygen atoms in total. The number of nitrogens with zero attached hydrogens (tertiary/aromatic N) is 1. The van der Waals surface area contributed by atoms with Gasteiger partial charge in [0.25, 0.3) is 11.8 Å². The summed E-state index contributed by atoms with van der Waals surface area (Å²) >= 11 is 1.48. The van der Waals surface area contributed by atoms with Crippen LogP contribution in [0.4, 0.5) is 0 Å². The molecular formula is C20H15NO3S. The van der Waals surface area contributed by atoms with E-state index in [0.29, 0.717) is 23.5 Å². The molecule has 0 bridgehead atoms. The van der Waals surface area contributed by atoms with E-state index >= 15 is 0 Å². The van der Waals surface area contributed by atoms with Crippen molar-refractivity contribution in [1.82, 2.24) is 4.90 Å². The molecule has 0 unspecified atom stereocenters. The summed E-state index contributed by atoms with van der Waals surface area (Å²) in [6, 6.07) is 18.7. The van der Waals surface area contributed by atoms with Crippen LogP contribution in [-0.4, -0.2) is 16.7 Å². The molecule has 3 aromatic rings. The quantitative estimate of drug-likeness (QED) is 0.651. The number of rotatable bonds is 5. The molecule has 124 valence electrons.